The van der Waals surface area contributed by atoms with Crippen molar-refractivity contribution in [2.45, 2.75) is 5.22 Å². The summed E-state index contributed by atoms with van der Waals surface area (Å²) in [5.74, 6) is -0.0238. The molecule has 0 bridgehead atoms. The van der Waals surface area contributed by atoms with Crippen LogP contribution in [0.1, 0.15) is 0 Å². The zero-order valence-corrected chi connectivity index (χ0v) is 8.21. The highest BCUT2D eigenvalue weighted by Gasteiger charge is 2.18. The van der Waals surface area contributed by atoms with Gasteiger partial charge in [0.05, 0.1) is 0 Å². The standard InChI is InChI=1S/C7H4ClNO4S/c8-14(11,12)7-9-5-3-4(10)1-2-6(5)13-7/h1-3,10H. The third-order valence-electron chi connectivity index (χ3n) is 1.56. The first-order valence-corrected chi connectivity index (χ1v) is 5.82. The topological polar surface area (TPSA) is 80.4 Å². The van der Waals surface area contributed by atoms with Gasteiger partial charge in [0.15, 0.2) is 5.58 Å². The van der Waals surface area contributed by atoms with E-state index < -0.39 is 14.3 Å². The van der Waals surface area contributed by atoms with Crippen LogP contribution in [-0.2, 0) is 9.05 Å². The number of phenolic OH excluding ortho intramolecular Hbond substituents is 1. The summed E-state index contributed by atoms with van der Waals surface area (Å²) in [5, 5.41) is 8.51. The molecule has 0 atom stereocenters. The van der Waals surface area contributed by atoms with Gasteiger partial charge in [-0.25, -0.2) is 8.42 Å². The summed E-state index contributed by atoms with van der Waals surface area (Å²) in [4.78, 5) is 3.60. The molecule has 2 rings (SSSR count). The monoisotopic (exact) mass is 233 g/mol. The quantitative estimate of drug-likeness (QED) is 0.755. The molecular weight excluding hydrogens is 230 g/mol. The van der Waals surface area contributed by atoms with Crippen molar-refractivity contribution in [3.8, 4) is 5.75 Å². The highest BCUT2D eigenvalue weighted by atomic mass is 35.7. The Morgan fingerprint density at radius 1 is 1.43 bits per heavy atom. The van der Waals surface area contributed by atoms with E-state index in [0.29, 0.717) is 0 Å². The van der Waals surface area contributed by atoms with E-state index in [-0.39, 0.29) is 16.8 Å². The molecule has 0 aliphatic rings. The Morgan fingerprint density at radius 2 is 2.14 bits per heavy atom. The number of oxazole rings is 1. The second kappa shape index (κ2) is 2.86. The van der Waals surface area contributed by atoms with Crippen LogP contribution in [0, 0.1) is 0 Å². The van der Waals surface area contributed by atoms with Crippen LogP contribution in [-0.4, -0.2) is 18.5 Å². The van der Waals surface area contributed by atoms with Gasteiger partial charge < -0.3 is 9.52 Å². The maximum absolute atomic E-state index is 10.8. The Balaban J connectivity index is 2.75. The number of rotatable bonds is 1. The van der Waals surface area contributed by atoms with Gasteiger partial charge in [-0.1, -0.05) is 0 Å². The first kappa shape index (κ1) is 9.29. The minimum absolute atomic E-state index is 0.0238. The lowest BCUT2D eigenvalue weighted by Gasteiger charge is -1.86. The molecule has 0 saturated heterocycles. The molecule has 0 aliphatic heterocycles. The average Bonchev–Trinajstić information content (AvgIpc) is 2.45. The lowest BCUT2D eigenvalue weighted by Crippen LogP contribution is -1.88. The van der Waals surface area contributed by atoms with Crippen molar-refractivity contribution in [3.63, 3.8) is 0 Å². The van der Waals surface area contributed by atoms with Crippen molar-refractivity contribution in [2.75, 3.05) is 0 Å². The Bertz CT molecular complexity index is 589. The summed E-state index contributed by atoms with van der Waals surface area (Å²) in [5.41, 5.74) is 0.492. The van der Waals surface area contributed by atoms with Crippen molar-refractivity contribution in [1.29, 1.82) is 0 Å². The number of halogens is 1. The first-order valence-electron chi connectivity index (χ1n) is 3.51. The van der Waals surface area contributed by atoms with Crippen molar-refractivity contribution < 1.29 is 17.9 Å². The van der Waals surface area contributed by atoms with E-state index in [0.717, 1.165) is 0 Å². The Labute approximate surface area is 83.4 Å². The molecule has 1 N–H and O–H groups in total. The van der Waals surface area contributed by atoms with Gasteiger partial charge in [0.25, 0.3) is 0 Å². The van der Waals surface area contributed by atoms with Crippen LogP contribution in [0.25, 0.3) is 11.1 Å². The summed E-state index contributed by atoms with van der Waals surface area (Å²) < 4.78 is 26.5. The lowest BCUT2D eigenvalue weighted by molar-refractivity contribution is 0.463. The Kier molecular flexibility index (Phi) is 1.90. The van der Waals surface area contributed by atoms with Crippen molar-refractivity contribution >= 4 is 30.8 Å². The predicted octanol–water partition coefficient (Wildman–Crippen LogP) is 1.46. The van der Waals surface area contributed by atoms with Crippen molar-refractivity contribution in [3.05, 3.63) is 18.2 Å². The van der Waals surface area contributed by atoms with Gasteiger partial charge in [0.2, 0.25) is 0 Å². The molecule has 7 heteroatoms. The van der Waals surface area contributed by atoms with Gasteiger partial charge in [-0.2, -0.15) is 4.98 Å². The van der Waals surface area contributed by atoms with E-state index in [1.54, 1.807) is 0 Å². The summed E-state index contributed by atoms with van der Waals surface area (Å²) in [6.45, 7) is 0. The SMILES string of the molecule is O=S(=O)(Cl)c1nc2cc(O)ccc2o1. The molecule has 1 aromatic heterocycles. The van der Waals surface area contributed by atoms with E-state index >= 15 is 0 Å². The molecule has 0 radical (unpaired) electrons. The summed E-state index contributed by atoms with van der Waals surface area (Å²) >= 11 is 0. The maximum atomic E-state index is 10.8. The highest BCUT2D eigenvalue weighted by Crippen LogP contribution is 2.24. The number of hydrogen-bond acceptors (Lipinski definition) is 5. The molecule has 0 amide bonds. The number of hydrogen-bond donors (Lipinski definition) is 1. The van der Waals surface area contributed by atoms with Crippen LogP contribution < -0.4 is 0 Å². The number of aromatic hydroxyl groups is 1. The fourth-order valence-electron chi connectivity index (χ4n) is 0.999. The van der Waals surface area contributed by atoms with Gasteiger partial charge >= 0.3 is 14.3 Å². The molecular formula is C7H4ClNO4S. The molecule has 14 heavy (non-hydrogen) atoms. The second-order valence-electron chi connectivity index (χ2n) is 2.57. The van der Waals surface area contributed by atoms with E-state index in [4.69, 9.17) is 20.2 Å². The highest BCUT2D eigenvalue weighted by molar-refractivity contribution is 8.13. The molecule has 0 unspecified atom stereocenters. The van der Waals surface area contributed by atoms with Gasteiger partial charge in [-0.05, 0) is 12.1 Å². The number of phenols is 1. The fraction of sp³-hybridized carbons (Fsp3) is 0. The molecule has 1 aromatic carbocycles. The van der Waals surface area contributed by atoms with Gasteiger partial charge in [0.1, 0.15) is 11.3 Å². The maximum Gasteiger partial charge on any atom is 0.332 e. The van der Waals surface area contributed by atoms with Crippen LogP contribution in [0.2, 0.25) is 0 Å². The molecule has 0 aliphatic carbocycles. The molecule has 0 spiro atoms. The summed E-state index contributed by atoms with van der Waals surface area (Å²) in [6.07, 6.45) is 0. The average molecular weight is 234 g/mol. The van der Waals surface area contributed by atoms with Gasteiger partial charge in [-0.3, -0.25) is 0 Å². The molecule has 1 heterocycles. The van der Waals surface area contributed by atoms with Gasteiger partial charge in [-0.15, -0.1) is 0 Å². The van der Waals surface area contributed by atoms with Crippen LogP contribution in [0.5, 0.6) is 5.75 Å². The minimum atomic E-state index is -3.96. The van der Waals surface area contributed by atoms with Crippen molar-refractivity contribution in [1.82, 2.24) is 4.98 Å². The third-order valence-corrected chi connectivity index (χ3v) is 2.55. The summed E-state index contributed by atoms with van der Waals surface area (Å²) in [6, 6.07) is 4.05. The smallest absolute Gasteiger partial charge is 0.332 e. The molecule has 74 valence electrons. The summed E-state index contributed by atoms with van der Waals surface area (Å²) in [7, 11) is 1.06. The number of nitrogens with zero attached hydrogens (tertiary/aromatic N) is 1. The van der Waals surface area contributed by atoms with E-state index in [9.17, 15) is 8.42 Å². The second-order valence-corrected chi connectivity index (χ2v) is 5.01. The zero-order chi connectivity index (χ0) is 10.3. The van der Waals surface area contributed by atoms with Crippen LogP contribution in [0.15, 0.2) is 27.8 Å². The van der Waals surface area contributed by atoms with Crippen LogP contribution in [0.4, 0.5) is 0 Å². The third kappa shape index (κ3) is 1.53. The first-order chi connectivity index (χ1) is 6.47. The van der Waals surface area contributed by atoms with Crippen LogP contribution in [0.3, 0.4) is 0 Å². The normalized spacial score (nSPS) is 12.1. The zero-order valence-electron chi connectivity index (χ0n) is 6.64. The molecule has 0 fully saturated rings. The van der Waals surface area contributed by atoms with Crippen LogP contribution >= 0.6 is 10.7 Å². The lowest BCUT2D eigenvalue weighted by atomic mass is 10.3. The molecule has 5 nitrogen and oxygen atoms in total. The molecule has 2 aromatic rings. The van der Waals surface area contributed by atoms with Gasteiger partial charge in [0, 0.05) is 16.7 Å². The fourth-order valence-corrected chi connectivity index (χ4v) is 1.59. The van der Waals surface area contributed by atoms with Crippen molar-refractivity contribution in [2.24, 2.45) is 0 Å². The number of aromatic nitrogens is 1. The minimum Gasteiger partial charge on any atom is -0.508 e. The Hall–Kier alpha value is -1.27. The number of fused-ring (bicyclic) bond motifs is 1. The predicted molar refractivity (Wildman–Crippen MR) is 48.7 cm³/mol. The van der Waals surface area contributed by atoms with E-state index in [2.05, 4.69) is 4.98 Å². The Morgan fingerprint density at radius 3 is 2.79 bits per heavy atom. The van der Waals surface area contributed by atoms with E-state index in [1.165, 1.54) is 18.2 Å². The largest absolute Gasteiger partial charge is 0.508 e. The molecule has 0 saturated carbocycles. The number of benzene rings is 1. The van der Waals surface area contributed by atoms with E-state index in [1.807, 2.05) is 0 Å².